The molecule has 0 spiro atoms. The Kier molecular flexibility index (Phi) is 8.11. The van der Waals surface area contributed by atoms with Gasteiger partial charge in [0.1, 0.15) is 11.5 Å². The average molecular weight is 499 g/mol. The van der Waals surface area contributed by atoms with Crippen molar-refractivity contribution < 1.29 is 24.2 Å². The van der Waals surface area contributed by atoms with E-state index in [9.17, 15) is 14.7 Å². The average Bonchev–Trinajstić information content (AvgIpc) is 3.10. The summed E-state index contributed by atoms with van der Waals surface area (Å²) in [6.45, 7) is 8.18. The number of ketones is 1. The molecular weight excluding hydrogens is 468 g/mol. The summed E-state index contributed by atoms with van der Waals surface area (Å²) in [5, 5.41) is 11.8. The fourth-order valence-corrected chi connectivity index (χ4v) is 4.64. The minimum atomic E-state index is -0.691. The Labute approximate surface area is 210 Å². The fourth-order valence-electron chi connectivity index (χ4n) is 4.51. The van der Waals surface area contributed by atoms with Crippen molar-refractivity contribution in [1.82, 2.24) is 9.80 Å². The normalized spacial score (nSPS) is 20.6. The minimum Gasteiger partial charge on any atom is -0.507 e. The van der Waals surface area contributed by atoms with Crippen LogP contribution in [0.4, 0.5) is 0 Å². The molecule has 35 heavy (non-hydrogen) atoms. The number of morpholine rings is 1. The number of hydrogen-bond acceptors (Lipinski definition) is 6. The van der Waals surface area contributed by atoms with Crippen LogP contribution in [0.15, 0.2) is 54.1 Å². The highest BCUT2D eigenvalue weighted by atomic mass is 35.5. The number of hydrogen-bond donors (Lipinski definition) is 1. The number of carbonyl (C=O) groups excluding carboxylic acids is 2. The molecule has 186 valence electrons. The molecular formula is C27H31ClN2O5. The molecule has 7 nitrogen and oxygen atoms in total. The predicted octanol–water partition coefficient (Wildman–Crippen LogP) is 4.27. The standard InChI is InChI=1S/C27H31ClN2O5/c1-18(2)35-22-10-6-20(7-11-22)25(31)23-24(19-4-8-21(28)9-5-19)30(27(33)26(23)32)13-3-12-29-14-16-34-17-15-29/h4-11,18,24,31H,3,12-17H2,1-2H3/b25-23+/t24-/m0/s1. The number of rotatable bonds is 8. The Morgan fingerprint density at radius 3 is 2.34 bits per heavy atom. The fraction of sp³-hybridized carbons (Fsp3) is 0.407. The van der Waals surface area contributed by atoms with Gasteiger partial charge in [0.15, 0.2) is 0 Å². The smallest absolute Gasteiger partial charge is 0.295 e. The van der Waals surface area contributed by atoms with Crippen molar-refractivity contribution in [1.29, 1.82) is 0 Å². The van der Waals surface area contributed by atoms with Crippen molar-refractivity contribution in [2.75, 3.05) is 39.4 Å². The van der Waals surface area contributed by atoms with E-state index in [-0.39, 0.29) is 17.4 Å². The lowest BCUT2D eigenvalue weighted by Gasteiger charge is -2.29. The minimum absolute atomic E-state index is 0.0159. The molecule has 0 bridgehead atoms. The van der Waals surface area contributed by atoms with Crippen molar-refractivity contribution in [3.05, 3.63) is 70.3 Å². The van der Waals surface area contributed by atoms with Gasteiger partial charge < -0.3 is 19.5 Å². The van der Waals surface area contributed by atoms with E-state index in [4.69, 9.17) is 21.1 Å². The van der Waals surface area contributed by atoms with Crippen LogP contribution in [0, 0.1) is 0 Å². The molecule has 2 aliphatic rings. The van der Waals surface area contributed by atoms with E-state index in [0.717, 1.165) is 25.2 Å². The third-order valence-electron chi connectivity index (χ3n) is 6.20. The van der Waals surface area contributed by atoms with Crippen LogP contribution in [-0.2, 0) is 14.3 Å². The summed E-state index contributed by atoms with van der Waals surface area (Å²) in [5.74, 6) is -0.825. The molecule has 0 saturated carbocycles. The largest absolute Gasteiger partial charge is 0.507 e. The van der Waals surface area contributed by atoms with Gasteiger partial charge in [-0.05, 0) is 62.2 Å². The first kappa shape index (κ1) is 25.2. The number of likely N-dealkylation sites (tertiary alicyclic amines) is 1. The van der Waals surface area contributed by atoms with Crippen LogP contribution in [0.2, 0.25) is 5.02 Å². The molecule has 0 radical (unpaired) electrons. The lowest BCUT2D eigenvalue weighted by molar-refractivity contribution is -0.140. The molecule has 4 rings (SSSR count). The second-order valence-corrected chi connectivity index (χ2v) is 9.48. The van der Waals surface area contributed by atoms with Gasteiger partial charge in [0, 0.05) is 36.8 Å². The summed E-state index contributed by atoms with van der Waals surface area (Å²) >= 11 is 6.09. The van der Waals surface area contributed by atoms with E-state index in [1.54, 1.807) is 53.4 Å². The number of amides is 1. The molecule has 2 saturated heterocycles. The van der Waals surface area contributed by atoms with Gasteiger partial charge in [0.05, 0.1) is 30.9 Å². The molecule has 2 fully saturated rings. The number of nitrogens with zero attached hydrogens (tertiary/aromatic N) is 2. The lowest BCUT2D eigenvalue weighted by Crippen LogP contribution is -2.38. The van der Waals surface area contributed by atoms with Gasteiger partial charge in [-0.2, -0.15) is 0 Å². The second kappa shape index (κ2) is 11.2. The first-order valence-corrected chi connectivity index (χ1v) is 12.3. The quantitative estimate of drug-likeness (QED) is 0.332. The second-order valence-electron chi connectivity index (χ2n) is 9.04. The number of aliphatic hydroxyl groups excluding tert-OH is 1. The highest BCUT2D eigenvalue weighted by molar-refractivity contribution is 6.46. The first-order chi connectivity index (χ1) is 16.8. The van der Waals surface area contributed by atoms with Crippen LogP contribution in [0.25, 0.3) is 5.76 Å². The number of Topliss-reactive ketones (excluding diaryl/α,β-unsaturated/α-hetero) is 1. The topological polar surface area (TPSA) is 79.3 Å². The maximum Gasteiger partial charge on any atom is 0.295 e. The van der Waals surface area contributed by atoms with Crippen LogP contribution in [0.3, 0.4) is 0 Å². The summed E-state index contributed by atoms with van der Waals surface area (Å²) in [6.07, 6.45) is 0.723. The maximum atomic E-state index is 13.2. The van der Waals surface area contributed by atoms with Gasteiger partial charge in [0.2, 0.25) is 0 Å². The molecule has 2 aromatic rings. The van der Waals surface area contributed by atoms with Crippen LogP contribution < -0.4 is 4.74 Å². The maximum absolute atomic E-state index is 13.2. The van der Waals surface area contributed by atoms with Gasteiger partial charge in [0.25, 0.3) is 11.7 Å². The number of benzene rings is 2. The molecule has 0 aliphatic carbocycles. The van der Waals surface area contributed by atoms with E-state index in [0.29, 0.717) is 42.5 Å². The summed E-state index contributed by atoms with van der Waals surface area (Å²) in [4.78, 5) is 30.1. The lowest BCUT2D eigenvalue weighted by atomic mass is 9.95. The van der Waals surface area contributed by atoms with Crippen LogP contribution in [-0.4, -0.2) is 72.1 Å². The van der Waals surface area contributed by atoms with Gasteiger partial charge in [-0.15, -0.1) is 0 Å². The molecule has 1 atom stereocenters. The molecule has 0 aromatic heterocycles. The summed E-state index contributed by atoms with van der Waals surface area (Å²) in [5.41, 5.74) is 1.26. The van der Waals surface area contributed by atoms with Crippen molar-refractivity contribution in [3.63, 3.8) is 0 Å². The zero-order valence-corrected chi connectivity index (χ0v) is 20.8. The SMILES string of the molecule is CC(C)Oc1ccc(/C(O)=C2\C(=O)C(=O)N(CCCN3CCOCC3)[C@H]2c2ccc(Cl)cc2)cc1. The Balaban J connectivity index is 1.64. The summed E-state index contributed by atoms with van der Waals surface area (Å²) < 4.78 is 11.1. The summed E-state index contributed by atoms with van der Waals surface area (Å²) in [6, 6.07) is 13.2. The van der Waals surface area contributed by atoms with Crippen molar-refractivity contribution in [2.24, 2.45) is 0 Å². The number of ether oxygens (including phenoxy) is 2. The number of halogens is 1. The summed E-state index contributed by atoms with van der Waals surface area (Å²) in [7, 11) is 0. The molecule has 2 aromatic carbocycles. The predicted molar refractivity (Wildman–Crippen MR) is 135 cm³/mol. The van der Waals surface area contributed by atoms with E-state index in [2.05, 4.69) is 4.90 Å². The third-order valence-corrected chi connectivity index (χ3v) is 6.45. The Bertz CT molecular complexity index is 1080. The molecule has 2 heterocycles. The van der Waals surface area contributed by atoms with Crippen LogP contribution >= 0.6 is 11.6 Å². The third kappa shape index (κ3) is 5.86. The zero-order valence-electron chi connectivity index (χ0n) is 20.1. The van der Waals surface area contributed by atoms with Gasteiger partial charge in [-0.25, -0.2) is 0 Å². The van der Waals surface area contributed by atoms with E-state index in [1.807, 2.05) is 13.8 Å². The van der Waals surface area contributed by atoms with Gasteiger partial charge in [-0.3, -0.25) is 14.5 Å². The van der Waals surface area contributed by atoms with Gasteiger partial charge in [-0.1, -0.05) is 23.7 Å². The molecule has 8 heteroatoms. The van der Waals surface area contributed by atoms with E-state index < -0.39 is 17.7 Å². The highest BCUT2D eigenvalue weighted by Gasteiger charge is 2.45. The molecule has 2 aliphatic heterocycles. The van der Waals surface area contributed by atoms with E-state index in [1.165, 1.54) is 0 Å². The zero-order chi connectivity index (χ0) is 24.9. The van der Waals surface area contributed by atoms with Crippen LogP contribution in [0.5, 0.6) is 5.75 Å². The molecule has 0 unspecified atom stereocenters. The van der Waals surface area contributed by atoms with Crippen molar-refractivity contribution >= 4 is 29.1 Å². The number of carbonyl (C=O) groups is 2. The van der Waals surface area contributed by atoms with Gasteiger partial charge >= 0.3 is 0 Å². The van der Waals surface area contributed by atoms with E-state index >= 15 is 0 Å². The van der Waals surface area contributed by atoms with Crippen molar-refractivity contribution in [2.45, 2.75) is 32.4 Å². The molecule has 1 N–H and O–H groups in total. The first-order valence-electron chi connectivity index (χ1n) is 12.0. The highest BCUT2D eigenvalue weighted by Crippen LogP contribution is 2.40. The Morgan fingerprint density at radius 2 is 1.71 bits per heavy atom. The Hall–Kier alpha value is -2.87. The van der Waals surface area contributed by atoms with Crippen LogP contribution in [0.1, 0.15) is 37.4 Å². The number of aliphatic hydroxyl groups is 1. The molecule has 1 amide bonds. The monoisotopic (exact) mass is 498 g/mol. The van der Waals surface area contributed by atoms with Crippen molar-refractivity contribution in [3.8, 4) is 5.75 Å². The Morgan fingerprint density at radius 1 is 1.06 bits per heavy atom.